The largest absolute Gasteiger partial charge is 0.484 e. The molecule has 0 saturated heterocycles. The van der Waals surface area contributed by atoms with E-state index in [4.69, 9.17) is 13.9 Å². The predicted molar refractivity (Wildman–Crippen MR) is 112 cm³/mol. The minimum Gasteiger partial charge on any atom is -0.484 e. The number of furan rings is 1. The SMILES string of the molecule is Cc1cccc(OCC(=O)NN=Cc2ccc(OC(=O)/C=C/c3ccco3)cc2)c1. The van der Waals surface area contributed by atoms with Gasteiger partial charge >= 0.3 is 5.97 Å². The van der Waals surface area contributed by atoms with Crippen LogP contribution in [0.1, 0.15) is 16.9 Å². The number of hydrazone groups is 1. The van der Waals surface area contributed by atoms with Crippen molar-refractivity contribution in [1.29, 1.82) is 0 Å². The third kappa shape index (κ3) is 6.79. The van der Waals surface area contributed by atoms with E-state index >= 15 is 0 Å². The Balaban J connectivity index is 1.42. The first-order chi connectivity index (χ1) is 14.6. The van der Waals surface area contributed by atoms with Crippen LogP contribution in [0.2, 0.25) is 0 Å². The first kappa shape index (κ1) is 20.6. The van der Waals surface area contributed by atoms with Crippen LogP contribution in [-0.4, -0.2) is 24.7 Å². The molecule has 0 aliphatic carbocycles. The molecule has 0 fully saturated rings. The molecule has 0 spiro atoms. The van der Waals surface area contributed by atoms with Crippen molar-refractivity contribution < 1.29 is 23.5 Å². The van der Waals surface area contributed by atoms with Crippen molar-refractivity contribution in [3.8, 4) is 11.5 Å². The van der Waals surface area contributed by atoms with E-state index in [0.29, 0.717) is 17.3 Å². The second kappa shape index (κ2) is 10.4. The molecule has 30 heavy (non-hydrogen) atoms. The minimum atomic E-state index is -0.520. The number of nitrogens with zero attached hydrogens (tertiary/aromatic N) is 1. The van der Waals surface area contributed by atoms with Crippen molar-refractivity contribution in [2.75, 3.05) is 6.61 Å². The molecule has 0 aliphatic rings. The fourth-order valence-electron chi connectivity index (χ4n) is 2.37. The van der Waals surface area contributed by atoms with Crippen LogP contribution in [0, 0.1) is 6.92 Å². The quantitative estimate of drug-likeness (QED) is 0.203. The molecule has 2 aromatic carbocycles. The third-order valence-electron chi connectivity index (χ3n) is 3.79. The van der Waals surface area contributed by atoms with Gasteiger partial charge in [-0.05, 0) is 72.7 Å². The molecule has 3 rings (SSSR count). The number of nitrogens with one attached hydrogen (secondary N) is 1. The van der Waals surface area contributed by atoms with Gasteiger partial charge < -0.3 is 13.9 Å². The van der Waals surface area contributed by atoms with Gasteiger partial charge in [-0.2, -0.15) is 5.10 Å². The first-order valence-electron chi connectivity index (χ1n) is 9.13. The zero-order valence-electron chi connectivity index (χ0n) is 16.3. The van der Waals surface area contributed by atoms with Gasteiger partial charge in [-0.25, -0.2) is 10.2 Å². The monoisotopic (exact) mass is 404 g/mol. The molecule has 1 amide bonds. The summed E-state index contributed by atoms with van der Waals surface area (Å²) >= 11 is 0. The molecule has 0 radical (unpaired) electrons. The number of hydrogen-bond donors (Lipinski definition) is 1. The maximum absolute atomic E-state index is 11.8. The van der Waals surface area contributed by atoms with Gasteiger partial charge in [0.15, 0.2) is 6.61 Å². The molecule has 152 valence electrons. The fourth-order valence-corrected chi connectivity index (χ4v) is 2.37. The Morgan fingerprint density at radius 2 is 1.90 bits per heavy atom. The molecule has 0 saturated carbocycles. The van der Waals surface area contributed by atoms with E-state index in [0.717, 1.165) is 11.1 Å². The van der Waals surface area contributed by atoms with Crippen molar-refractivity contribution in [3.63, 3.8) is 0 Å². The Labute approximate surface area is 173 Å². The molecule has 1 heterocycles. The lowest BCUT2D eigenvalue weighted by molar-refractivity contribution is -0.129. The van der Waals surface area contributed by atoms with Crippen LogP contribution in [0.3, 0.4) is 0 Å². The number of aryl methyl sites for hydroxylation is 1. The Bertz CT molecular complexity index is 1040. The molecule has 7 heteroatoms. The molecule has 0 aliphatic heterocycles. The fraction of sp³-hybridized carbons (Fsp3) is 0.0870. The first-order valence-corrected chi connectivity index (χ1v) is 9.13. The van der Waals surface area contributed by atoms with Crippen molar-refractivity contribution in [3.05, 3.63) is 89.9 Å². The molecular formula is C23H20N2O5. The van der Waals surface area contributed by atoms with Gasteiger partial charge in [-0.15, -0.1) is 0 Å². The standard InChI is InChI=1S/C23H20N2O5/c1-17-4-2-5-21(14-17)29-16-22(26)25-24-15-18-7-9-20(10-8-18)30-23(27)12-11-19-6-3-13-28-19/h2-15H,16H2,1H3,(H,25,26)/b12-11+,24-15?. The predicted octanol–water partition coefficient (Wildman–Crippen LogP) is 3.74. The Morgan fingerprint density at radius 1 is 1.07 bits per heavy atom. The molecule has 7 nitrogen and oxygen atoms in total. The minimum absolute atomic E-state index is 0.138. The van der Waals surface area contributed by atoms with Gasteiger partial charge in [0.2, 0.25) is 0 Å². The average molecular weight is 404 g/mol. The number of carbonyl (C=O) groups excluding carboxylic acids is 2. The van der Waals surface area contributed by atoms with Crippen molar-refractivity contribution in [1.82, 2.24) is 5.43 Å². The van der Waals surface area contributed by atoms with Gasteiger partial charge in [-0.1, -0.05) is 12.1 Å². The molecule has 1 N–H and O–H groups in total. The summed E-state index contributed by atoms with van der Waals surface area (Å²) in [6.45, 7) is 1.81. The van der Waals surface area contributed by atoms with E-state index in [1.165, 1.54) is 24.6 Å². The van der Waals surface area contributed by atoms with Crippen LogP contribution in [0.15, 0.2) is 82.5 Å². The molecule has 1 aromatic heterocycles. The van der Waals surface area contributed by atoms with E-state index in [2.05, 4.69) is 10.5 Å². The summed E-state index contributed by atoms with van der Waals surface area (Å²) in [5.41, 5.74) is 4.17. The van der Waals surface area contributed by atoms with E-state index < -0.39 is 5.97 Å². The number of rotatable bonds is 8. The van der Waals surface area contributed by atoms with Crippen LogP contribution in [0.5, 0.6) is 11.5 Å². The maximum atomic E-state index is 11.8. The van der Waals surface area contributed by atoms with Gasteiger partial charge in [0.25, 0.3) is 5.91 Å². The van der Waals surface area contributed by atoms with E-state index in [9.17, 15) is 9.59 Å². The average Bonchev–Trinajstić information content (AvgIpc) is 3.26. The third-order valence-corrected chi connectivity index (χ3v) is 3.79. The normalized spacial score (nSPS) is 11.0. The van der Waals surface area contributed by atoms with Crippen molar-refractivity contribution >= 4 is 24.2 Å². The lowest BCUT2D eigenvalue weighted by Crippen LogP contribution is -2.24. The van der Waals surface area contributed by atoms with Crippen LogP contribution in [0.25, 0.3) is 6.08 Å². The maximum Gasteiger partial charge on any atom is 0.336 e. The highest BCUT2D eigenvalue weighted by atomic mass is 16.5. The number of benzene rings is 2. The Hall–Kier alpha value is -4.13. The lowest BCUT2D eigenvalue weighted by Gasteiger charge is -2.05. The molecule has 0 bridgehead atoms. The van der Waals surface area contributed by atoms with Crippen LogP contribution in [0.4, 0.5) is 0 Å². The number of esters is 1. The van der Waals surface area contributed by atoms with Crippen LogP contribution >= 0.6 is 0 Å². The van der Waals surface area contributed by atoms with Crippen LogP contribution < -0.4 is 14.9 Å². The topological polar surface area (TPSA) is 90.1 Å². The molecule has 3 aromatic rings. The summed E-state index contributed by atoms with van der Waals surface area (Å²) in [6, 6.07) is 17.6. The van der Waals surface area contributed by atoms with Crippen LogP contribution in [-0.2, 0) is 9.59 Å². The summed E-state index contributed by atoms with van der Waals surface area (Å²) in [5.74, 6) is 0.676. The molecule has 0 atom stereocenters. The highest BCUT2D eigenvalue weighted by Gasteiger charge is 2.03. The van der Waals surface area contributed by atoms with Gasteiger partial charge in [0.1, 0.15) is 17.3 Å². The summed E-state index contributed by atoms with van der Waals surface area (Å²) in [6.07, 6.45) is 5.80. The number of hydrogen-bond acceptors (Lipinski definition) is 6. The van der Waals surface area contributed by atoms with Gasteiger partial charge in [0.05, 0.1) is 12.5 Å². The Morgan fingerprint density at radius 3 is 2.63 bits per heavy atom. The van der Waals surface area contributed by atoms with E-state index in [-0.39, 0.29) is 12.5 Å². The summed E-state index contributed by atoms with van der Waals surface area (Å²) in [5, 5.41) is 3.89. The Kier molecular flexibility index (Phi) is 7.16. The smallest absolute Gasteiger partial charge is 0.336 e. The van der Waals surface area contributed by atoms with Crippen molar-refractivity contribution in [2.24, 2.45) is 5.10 Å². The van der Waals surface area contributed by atoms with E-state index in [1.54, 1.807) is 42.5 Å². The highest BCUT2D eigenvalue weighted by Crippen LogP contribution is 2.13. The summed E-state index contributed by atoms with van der Waals surface area (Å²) in [7, 11) is 0. The molecule has 0 unspecified atom stereocenters. The van der Waals surface area contributed by atoms with Crippen molar-refractivity contribution in [2.45, 2.75) is 6.92 Å². The summed E-state index contributed by atoms with van der Waals surface area (Å²) in [4.78, 5) is 23.6. The second-order valence-electron chi connectivity index (χ2n) is 6.24. The highest BCUT2D eigenvalue weighted by molar-refractivity contribution is 5.88. The number of amides is 1. The number of ether oxygens (including phenoxy) is 2. The number of carbonyl (C=O) groups is 2. The zero-order valence-corrected chi connectivity index (χ0v) is 16.3. The lowest BCUT2D eigenvalue weighted by atomic mass is 10.2. The molecular weight excluding hydrogens is 384 g/mol. The van der Waals surface area contributed by atoms with Gasteiger partial charge in [0, 0.05) is 6.08 Å². The summed E-state index contributed by atoms with van der Waals surface area (Å²) < 4.78 is 15.7. The zero-order chi connectivity index (χ0) is 21.2. The van der Waals surface area contributed by atoms with E-state index in [1.807, 2.05) is 25.1 Å². The second-order valence-corrected chi connectivity index (χ2v) is 6.24. The van der Waals surface area contributed by atoms with Gasteiger partial charge in [-0.3, -0.25) is 4.79 Å².